The minimum atomic E-state index is -0.786. The number of rotatable bonds is 2. The molecule has 0 bridgehead atoms. The van der Waals surface area contributed by atoms with Gasteiger partial charge in [-0.2, -0.15) is 0 Å². The molecule has 19 heavy (non-hydrogen) atoms. The van der Waals surface area contributed by atoms with Gasteiger partial charge in [-0.1, -0.05) is 0 Å². The summed E-state index contributed by atoms with van der Waals surface area (Å²) in [7, 11) is 0. The van der Waals surface area contributed by atoms with Crippen LogP contribution in [0, 0.1) is 11.6 Å². The third kappa shape index (κ3) is 3.05. The topological polar surface area (TPSA) is 62.0 Å². The average molecular weight is 329 g/mol. The Labute approximate surface area is 114 Å². The maximum Gasteiger partial charge on any atom is 0.255 e. The predicted molar refractivity (Wildman–Crippen MR) is 69.1 cm³/mol. The zero-order valence-electron chi connectivity index (χ0n) is 9.34. The normalized spacial score (nSPS) is 10.3. The summed E-state index contributed by atoms with van der Waals surface area (Å²) in [4.78, 5) is 25.1. The van der Waals surface area contributed by atoms with Crippen LogP contribution in [0.3, 0.4) is 0 Å². The summed E-state index contributed by atoms with van der Waals surface area (Å²) in [5, 5.41) is 2.19. The van der Waals surface area contributed by atoms with E-state index in [0.29, 0.717) is 0 Å². The summed E-state index contributed by atoms with van der Waals surface area (Å²) in [6.45, 7) is 0. The molecule has 0 saturated carbocycles. The maximum absolute atomic E-state index is 13.5. The van der Waals surface area contributed by atoms with Crippen molar-refractivity contribution in [2.45, 2.75) is 0 Å². The van der Waals surface area contributed by atoms with Crippen molar-refractivity contribution in [1.29, 1.82) is 0 Å². The van der Waals surface area contributed by atoms with Gasteiger partial charge in [0.1, 0.15) is 11.6 Å². The molecule has 1 amide bonds. The Bertz CT molecular complexity index is 700. The number of benzene rings is 1. The van der Waals surface area contributed by atoms with Crippen LogP contribution in [-0.4, -0.2) is 10.9 Å². The second kappa shape index (κ2) is 5.31. The fourth-order valence-corrected chi connectivity index (χ4v) is 1.71. The SMILES string of the molecule is O=C(Nc1cc(F)c(Br)cc1F)c1cc[nH]c(=O)c1. The van der Waals surface area contributed by atoms with Crippen molar-refractivity contribution in [3.63, 3.8) is 0 Å². The highest BCUT2D eigenvalue weighted by Crippen LogP contribution is 2.23. The molecule has 0 aliphatic rings. The van der Waals surface area contributed by atoms with E-state index in [1.165, 1.54) is 12.3 Å². The molecular weight excluding hydrogens is 322 g/mol. The van der Waals surface area contributed by atoms with E-state index in [-0.39, 0.29) is 15.7 Å². The molecule has 1 heterocycles. The smallest absolute Gasteiger partial charge is 0.255 e. The van der Waals surface area contributed by atoms with Crippen LogP contribution in [0.5, 0.6) is 0 Å². The van der Waals surface area contributed by atoms with Gasteiger partial charge >= 0.3 is 0 Å². The Kier molecular flexibility index (Phi) is 3.75. The summed E-state index contributed by atoms with van der Waals surface area (Å²) in [6.07, 6.45) is 1.29. The first-order valence-electron chi connectivity index (χ1n) is 5.12. The van der Waals surface area contributed by atoms with E-state index in [9.17, 15) is 18.4 Å². The van der Waals surface area contributed by atoms with E-state index in [4.69, 9.17) is 0 Å². The van der Waals surface area contributed by atoms with Gasteiger partial charge in [-0.15, -0.1) is 0 Å². The molecule has 7 heteroatoms. The van der Waals surface area contributed by atoms with Gasteiger partial charge < -0.3 is 10.3 Å². The molecule has 0 spiro atoms. The number of anilines is 1. The second-order valence-electron chi connectivity index (χ2n) is 3.64. The molecular formula is C12H7BrF2N2O2. The molecule has 0 radical (unpaired) electrons. The molecule has 0 aliphatic heterocycles. The van der Waals surface area contributed by atoms with Crippen molar-refractivity contribution in [3.8, 4) is 0 Å². The van der Waals surface area contributed by atoms with E-state index >= 15 is 0 Å². The third-order valence-corrected chi connectivity index (χ3v) is 2.90. The Morgan fingerprint density at radius 3 is 2.63 bits per heavy atom. The first kappa shape index (κ1) is 13.4. The Balaban J connectivity index is 2.29. The van der Waals surface area contributed by atoms with Gasteiger partial charge in [0.25, 0.3) is 5.91 Å². The summed E-state index contributed by atoms with van der Waals surface area (Å²) < 4.78 is 26.7. The van der Waals surface area contributed by atoms with Crippen LogP contribution < -0.4 is 10.9 Å². The lowest BCUT2D eigenvalue weighted by Gasteiger charge is -2.07. The highest BCUT2D eigenvalue weighted by atomic mass is 79.9. The van der Waals surface area contributed by atoms with E-state index in [0.717, 1.165) is 18.2 Å². The van der Waals surface area contributed by atoms with Crippen LogP contribution in [-0.2, 0) is 0 Å². The minimum absolute atomic E-state index is 0.0424. The lowest BCUT2D eigenvalue weighted by atomic mass is 10.2. The van der Waals surface area contributed by atoms with Gasteiger partial charge in [0.15, 0.2) is 0 Å². The zero-order chi connectivity index (χ0) is 14.0. The second-order valence-corrected chi connectivity index (χ2v) is 4.50. The molecule has 1 aromatic carbocycles. The third-order valence-electron chi connectivity index (χ3n) is 2.30. The van der Waals surface area contributed by atoms with Crippen molar-refractivity contribution in [1.82, 2.24) is 4.98 Å². The highest BCUT2D eigenvalue weighted by Gasteiger charge is 2.12. The summed E-state index contributed by atoms with van der Waals surface area (Å²) in [5.74, 6) is -2.19. The number of pyridine rings is 1. The van der Waals surface area contributed by atoms with Crippen molar-refractivity contribution in [2.75, 3.05) is 5.32 Å². The number of carbonyl (C=O) groups is 1. The quantitative estimate of drug-likeness (QED) is 0.832. The molecule has 0 aliphatic carbocycles. The van der Waals surface area contributed by atoms with E-state index in [2.05, 4.69) is 26.2 Å². The molecule has 0 atom stereocenters. The monoisotopic (exact) mass is 328 g/mol. The highest BCUT2D eigenvalue weighted by molar-refractivity contribution is 9.10. The predicted octanol–water partition coefficient (Wildman–Crippen LogP) is 2.67. The molecule has 2 N–H and O–H groups in total. The molecule has 0 saturated heterocycles. The number of carbonyl (C=O) groups excluding carboxylic acids is 1. The Hall–Kier alpha value is -2.02. The number of hydrogen-bond donors (Lipinski definition) is 2. The molecule has 0 unspecified atom stereocenters. The zero-order valence-corrected chi connectivity index (χ0v) is 10.9. The number of halogens is 3. The van der Waals surface area contributed by atoms with Crippen molar-refractivity contribution in [3.05, 3.63) is 62.5 Å². The minimum Gasteiger partial charge on any atom is -0.329 e. The van der Waals surface area contributed by atoms with Gasteiger partial charge in [-0.3, -0.25) is 9.59 Å². The molecule has 0 fully saturated rings. The number of aromatic amines is 1. The van der Waals surface area contributed by atoms with Crippen LogP contribution in [0.1, 0.15) is 10.4 Å². The largest absolute Gasteiger partial charge is 0.329 e. The summed E-state index contributed by atoms with van der Waals surface area (Å²) >= 11 is 2.83. The average Bonchev–Trinajstić information content (AvgIpc) is 2.36. The fourth-order valence-electron chi connectivity index (χ4n) is 1.40. The van der Waals surface area contributed by atoms with Crippen LogP contribution in [0.2, 0.25) is 0 Å². The molecule has 4 nitrogen and oxygen atoms in total. The van der Waals surface area contributed by atoms with Crippen LogP contribution in [0.25, 0.3) is 0 Å². The van der Waals surface area contributed by atoms with Crippen molar-refractivity contribution in [2.24, 2.45) is 0 Å². The number of hydrogen-bond acceptors (Lipinski definition) is 2. The summed E-state index contributed by atoms with van der Waals surface area (Å²) in [5.41, 5.74) is -0.715. The van der Waals surface area contributed by atoms with E-state index in [1.54, 1.807) is 0 Å². The fraction of sp³-hybridized carbons (Fsp3) is 0. The molecule has 98 valence electrons. The first-order valence-corrected chi connectivity index (χ1v) is 5.91. The lowest BCUT2D eigenvalue weighted by molar-refractivity contribution is 0.102. The summed E-state index contributed by atoms with van der Waals surface area (Å²) in [6, 6.07) is 4.17. The molecule has 2 aromatic rings. The Morgan fingerprint density at radius 2 is 1.95 bits per heavy atom. The van der Waals surface area contributed by atoms with Crippen LogP contribution in [0.4, 0.5) is 14.5 Å². The molecule has 1 aromatic heterocycles. The maximum atomic E-state index is 13.5. The van der Waals surface area contributed by atoms with Gasteiger partial charge in [-0.05, 0) is 28.1 Å². The van der Waals surface area contributed by atoms with Crippen molar-refractivity contribution < 1.29 is 13.6 Å². The number of aromatic nitrogens is 1. The Morgan fingerprint density at radius 1 is 1.21 bits per heavy atom. The van der Waals surface area contributed by atoms with Crippen LogP contribution in [0.15, 0.2) is 39.7 Å². The van der Waals surface area contributed by atoms with Crippen LogP contribution >= 0.6 is 15.9 Å². The number of nitrogens with one attached hydrogen (secondary N) is 2. The van der Waals surface area contributed by atoms with Gasteiger partial charge in [0, 0.05) is 23.9 Å². The lowest BCUT2D eigenvalue weighted by Crippen LogP contribution is -2.16. The van der Waals surface area contributed by atoms with Gasteiger partial charge in [0.05, 0.1) is 10.2 Å². The van der Waals surface area contributed by atoms with Gasteiger partial charge in [-0.25, -0.2) is 8.78 Å². The van der Waals surface area contributed by atoms with E-state index < -0.39 is 23.1 Å². The first-order chi connectivity index (χ1) is 8.97. The standard InChI is InChI=1S/C12H7BrF2N2O2/c13-7-4-9(15)10(5-8(7)14)17-12(19)6-1-2-16-11(18)3-6/h1-5H,(H,16,18)(H,17,19). The van der Waals surface area contributed by atoms with Gasteiger partial charge in [0.2, 0.25) is 5.56 Å². The number of H-pyrrole nitrogens is 1. The van der Waals surface area contributed by atoms with Crippen molar-refractivity contribution >= 4 is 27.5 Å². The van der Waals surface area contributed by atoms with E-state index in [1.807, 2.05) is 0 Å². The molecule has 2 rings (SSSR count). The number of amides is 1.